The molecule has 0 amide bonds. The van der Waals surface area contributed by atoms with Crippen LogP contribution < -0.4 is 11.1 Å². The maximum absolute atomic E-state index is 5.89. The standard InChI is InChI=1S/C15H19BrN2/c1-10-3-2-4-14-15(10,7-8-17)12-9-11(16)5-6-13(12)18-14/h5-6,9,14,18H,1-4,7-8,17H2. The zero-order valence-corrected chi connectivity index (χ0v) is 12.1. The Balaban J connectivity index is 2.17. The maximum Gasteiger partial charge on any atom is 0.0396 e. The number of fused-ring (bicyclic) bond motifs is 3. The Hall–Kier alpha value is -0.800. The minimum Gasteiger partial charge on any atom is -0.381 e. The van der Waals surface area contributed by atoms with Gasteiger partial charge >= 0.3 is 0 Å². The highest BCUT2D eigenvalue weighted by Crippen LogP contribution is 2.53. The molecule has 96 valence electrons. The highest BCUT2D eigenvalue weighted by Gasteiger charge is 2.49. The molecule has 1 aliphatic heterocycles. The van der Waals surface area contributed by atoms with Gasteiger partial charge in [0.25, 0.3) is 0 Å². The van der Waals surface area contributed by atoms with Gasteiger partial charge in [0.2, 0.25) is 0 Å². The van der Waals surface area contributed by atoms with Crippen LogP contribution in [0.5, 0.6) is 0 Å². The molecule has 1 aromatic carbocycles. The number of benzene rings is 1. The number of rotatable bonds is 2. The highest BCUT2D eigenvalue weighted by atomic mass is 79.9. The topological polar surface area (TPSA) is 38.0 Å². The first-order valence-corrected chi connectivity index (χ1v) is 7.42. The summed E-state index contributed by atoms with van der Waals surface area (Å²) in [6.45, 7) is 5.08. The molecule has 1 saturated carbocycles. The van der Waals surface area contributed by atoms with Crippen LogP contribution in [0.4, 0.5) is 5.69 Å². The molecule has 0 aromatic heterocycles. The lowest BCUT2D eigenvalue weighted by Crippen LogP contribution is -2.44. The van der Waals surface area contributed by atoms with Gasteiger partial charge in [0, 0.05) is 21.6 Å². The van der Waals surface area contributed by atoms with Gasteiger partial charge < -0.3 is 11.1 Å². The van der Waals surface area contributed by atoms with Gasteiger partial charge in [-0.1, -0.05) is 28.1 Å². The normalized spacial score (nSPS) is 29.7. The van der Waals surface area contributed by atoms with E-state index in [1.807, 2.05) is 0 Å². The first-order chi connectivity index (χ1) is 8.68. The Morgan fingerprint density at radius 2 is 2.33 bits per heavy atom. The van der Waals surface area contributed by atoms with E-state index in [1.54, 1.807) is 0 Å². The minimum atomic E-state index is 0.0616. The van der Waals surface area contributed by atoms with Gasteiger partial charge in [-0.25, -0.2) is 0 Å². The second-order valence-corrected chi connectivity index (χ2v) is 6.31. The molecule has 2 unspecified atom stereocenters. The summed E-state index contributed by atoms with van der Waals surface area (Å²) >= 11 is 3.59. The maximum atomic E-state index is 5.89. The van der Waals surface area contributed by atoms with E-state index in [4.69, 9.17) is 5.73 Å². The molecule has 2 aliphatic rings. The summed E-state index contributed by atoms with van der Waals surface area (Å²) < 4.78 is 1.14. The summed E-state index contributed by atoms with van der Waals surface area (Å²) in [6.07, 6.45) is 4.57. The SMILES string of the molecule is C=C1CCCC2Nc3ccc(Br)cc3C12CCN. The number of hydrogen-bond acceptors (Lipinski definition) is 2. The van der Waals surface area contributed by atoms with Crippen LogP contribution >= 0.6 is 15.9 Å². The summed E-state index contributed by atoms with van der Waals surface area (Å²) in [5, 5.41) is 3.68. The summed E-state index contributed by atoms with van der Waals surface area (Å²) in [5.41, 5.74) is 9.95. The van der Waals surface area contributed by atoms with Gasteiger partial charge in [0.05, 0.1) is 0 Å². The molecule has 18 heavy (non-hydrogen) atoms. The van der Waals surface area contributed by atoms with Crippen LogP contribution in [0.25, 0.3) is 0 Å². The van der Waals surface area contributed by atoms with Crippen molar-refractivity contribution in [3.8, 4) is 0 Å². The molecule has 1 aromatic rings. The van der Waals surface area contributed by atoms with Gasteiger partial charge in [0.1, 0.15) is 0 Å². The molecule has 3 heteroatoms. The number of nitrogens with one attached hydrogen (secondary N) is 1. The average Bonchev–Trinajstić information content (AvgIpc) is 2.66. The first kappa shape index (κ1) is 12.2. The fourth-order valence-electron chi connectivity index (χ4n) is 3.72. The molecular formula is C15H19BrN2. The van der Waals surface area contributed by atoms with E-state index in [-0.39, 0.29) is 5.41 Å². The molecule has 1 fully saturated rings. The van der Waals surface area contributed by atoms with Gasteiger partial charge in [-0.15, -0.1) is 0 Å². The molecule has 0 saturated heterocycles. The van der Waals surface area contributed by atoms with Crippen LogP contribution in [0.15, 0.2) is 34.8 Å². The molecule has 3 rings (SSSR count). The van der Waals surface area contributed by atoms with Crippen LogP contribution in [0.1, 0.15) is 31.2 Å². The molecule has 2 atom stereocenters. The average molecular weight is 307 g/mol. The van der Waals surface area contributed by atoms with Crippen molar-refractivity contribution in [1.29, 1.82) is 0 Å². The molecule has 0 radical (unpaired) electrons. The zero-order valence-electron chi connectivity index (χ0n) is 10.5. The molecule has 2 nitrogen and oxygen atoms in total. The number of anilines is 1. The van der Waals surface area contributed by atoms with Crippen LogP contribution in [0.3, 0.4) is 0 Å². The van der Waals surface area contributed by atoms with E-state index >= 15 is 0 Å². The second-order valence-electron chi connectivity index (χ2n) is 5.39. The van der Waals surface area contributed by atoms with E-state index in [9.17, 15) is 0 Å². The molecular weight excluding hydrogens is 288 g/mol. The molecule has 0 bridgehead atoms. The van der Waals surface area contributed by atoms with Crippen molar-refractivity contribution >= 4 is 21.6 Å². The number of halogens is 1. The summed E-state index contributed by atoms with van der Waals surface area (Å²) in [7, 11) is 0. The van der Waals surface area contributed by atoms with Crippen molar-refractivity contribution in [3.05, 3.63) is 40.4 Å². The van der Waals surface area contributed by atoms with E-state index in [2.05, 4.69) is 46.0 Å². The van der Waals surface area contributed by atoms with Crippen molar-refractivity contribution in [1.82, 2.24) is 0 Å². The zero-order chi connectivity index (χ0) is 12.8. The number of hydrogen-bond donors (Lipinski definition) is 2. The van der Waals surface area contributed by atoms with E-state index < -0.39 is 0 Å². The lowest BCUT2D eigenvalue weighted by atomic mass is 9.63. The van der Waals surface area contributed by atoms with Gasteiger partial charge in [-0.2, -0.15) is 0 Å². The van der Waals surface area contributed by atoms with Crippen molar-refractivity contribution in [2.45, 2.75) is 37.1 Å². The van der Waals surface area contributed by atoms with Crippen LogP contribution in [-0.4, -0.2) is 12.6 Å². The highest BCUT2D eigenvalue weighted by molar-refractivity contribution is 9.10. The van der Waals surface area contributed by atoms with Crippen molar-refractivity contribution in [3.63, 3.8) is 0 Å². The summed E-state index contributed by atoms with van der Waals surface area (Å²) in [4.78, 5) is 0. The fourth-order valence-corrected chi connectivity index (χ4v) is 4.08. The lowest BCUT2D eigenvalue weighted by molar-refractivity contribution is 0.348. The monoisotopic (exact) mass is 306 g/mol. The largest absolute Gasteiger partial charge is 0.381 e. The Kier molecular flexibility index (Phi) is 2.99. The minimum absolute atomic E-state index is 0.0616. The summed E-state index contributed by atoms with van der Waals surface area (Å²) in [5.74, 6) is 0. The molecule has 1 heterocycles. The van der Waals surface area contributed by atoms with Crippen LogP contribution in [0, 0.1) is 0 Å². The van der Waals surface area contributed by atoms with Gasteiger partial charge in [0.15, 0.2) is 0 Å². The van der Waals surface area contributed by atoms with E-state index in [1.165, 1.54) is 29.7 Å². The Bertz CT molecular complexity index is 497. The van der Waals surface area contributed by atoms with E-state index in [0.717, 1.165) is 17.3 Å². The second kappa shape index (κ2) is 4.39. The first-order valence-electron chi connectivity index (χ1n) is 6.63. The lowest BCUT2D eigenvalue weighted by Gasteiger charge is -2.41. The molecule has 1 aliphatic carbocycles. The van der Waals surface area contributed by atoms with Crippen LogP contribution in [-0.2, 0) is 5.41 Å². The Morgan fingerprint density at radius 1 is 1.50 bits per heavy atom. The molecule has 0 spiro atoms. The predicted octanol–water partition coefficient (Wildman–Crippen LogP) is 3.57. The third-order valence-electron chi connectivity index (χ3n) is 4.53. The van der Waals surface area contributed by atoms with Crippen molar-refractivity contribution < 1.29 is 0 Å². The van der Waals surface area contributed by atoms with Crippen molar-refractivity contribution in [2.75, 3.05) is 11.9 Å². The van der Waals surface area contributed by atoms with Crippen molar-refractivity contribution in [2.24, 2.45) is 5.73 Å². The molecule has 3 N–H and O–H groups in total. The fraction of sp³-hybridized carbons (Fsp3) is 0.467. The third kappa shape index (κ3) is 1.57. The van der Waals surface area contributed by atoms with Crippen LogP contribution in [0.2, 0.25) is 0 Å². The van der Waals surface area contributed by atoms with E-state index in [0.29, 0.717) is 12.6 Å². The Morgan fingerprint density at radius 3 is 3.11 bits per heavy atom. The smallest absolute Gasteiger partial charge is 0.0396 e. The quantitative estimate of drug-likeness (QED) is 0.820. The van der Waals surface area contributed by atoms with Gasteiger partial charge in [-0.05, 0) is 56.0 Å². The Labute approximate surface area is 117 Å². The summed E-state index contributed by atoms with van der Waals surface area (Å²) in [6, 6.07) is 6.99. The predicted molar refractivity (Wildman–Crippen MR) is 79.9 cm³/mol. The third-order valence-corrected chi connectivity index (χ3v) is 5.02. The van der Waals surface area contributed by atoms with Gasteiger partial charge in [-0.3, -0.25) is 0 Å². The number of nitrogens with two attached hydrogens (primary N) is 1.